The average Bonchev–Trinajstić information content (AvgIpc) is 2.78. The highest BCUT2D eigenvalue weighted by Gasteiger charge is 2.23. The van der Waals surface area contributed by atoms with Gasteiger partial charge in [0.1, 0.15) is 5.75 Å². The molecule has 0 aliphatic heterocycles. The maximum absolute atomic E-state index is 13.1. The van der Waals surface area contributed by atoms with Crippen LogP contribution in [0.1, 0.15) is 37.9 Å². The van der Waals surface area contributed by atoms with Crippen LogP contribution in [0.3, 0.4) is 0 Å². The number of sulfonamides is 1. The molecule has 0 aliphatic rings. The van der Waals surface area contributed by atoms with Gasteiger partial charge in [-0.15, -0.1) is 0 Å². The molecule has 0 bridgehead atoms. The minimum atomic E-state index is -3.82. The molecule has 0 radical (unpaired) electrons. The lowest BCUT2D eigenvalue weighted by Gasteiger charge is -2.20. The molecule has 0 aliphatic carbocycles. The first-order chi connectivity index (χ1) is 15.3. The molecule has 0 aromatic heterocycles. The number of amides is 1. The molecule has 3 aromatic rings. The number of rotatable bonds is 9. The molecule has 1 amide bonds. The maximum Gasteiger partial charge on any atom is 0.260 e. The van der Waals surface area contributed by atoms with E-state index in [1.807, 2.05) is 74.5 Å². The third-order valence-electron chi connectivity index (χ3n) is 4.79. The van der Waals surface area contributed by atoms with Crippen molar-refractivity contribution < 1.29 is 17.9 Å². The fraction of sp³-hybridized carbons (Fsp3) is 0.240. The zero-order chi connectivity index (χ0) is 23.1. The molecule has 0 saturated heterocycles. The van der Waals surface area contributed by atoms with Crippen molar-refractivity contribution in [2.24, 2.45) is 0 Å². The first-order valence-electron chi connectivity index (χ1n) is 10.5. The predicted molar refractivity (Wildman–Crippen MR) is 125 cm³/mol. The summed E-state index contributed by atoms with van der Waals surface area (Å²) in [5, 5.41) is 2.78. The molecule has 0 spiro atoms. The van der Waals surface area contributed by atoms with Crippen LogP contribution in [0.4, 0.5) is 0 Å². The third kappa shape index (κ3) is 6.18. The van der Waals surface area contributed by atoms with Crippen LogP contribution < -0.4 is 14.8 Å². The normalized spacial score (nSPS) is 12.5. The van der Waals surface area contributed by atoms with Crippen molar-refractivity contribution in [1.29, 1.82) is 0 Å². The summed E-state index contributed by atoms with van der Waals surface area (Å²) < 4.78 is 34.7. The van der Waals surface area contributed by atoms with Gasteiger partial charge in [-0.2, -0.15) is 4.72 Å². The van der Waals surface area contributed by atoms with Crippen molar-refractivity contribution in [1.82, 2.24) is 10.0 Å². The van der Waals surface area contributed by atoms with E-state index in [0.29, 0.717) is 5.75 Å². The molecule has 3 aromatic carbocycles. The van der Waals surface area contributed by atoms with Crippen molar-refractivity contribution in [2.45, 2.75) is 43.9 Å². The van der Waals surface area contributed by atoms with Gasteiger partial charge in [0, 0.05) is 6.04 Å². The van der Waals surface area contributed by atoms with E-state index in [-0.39, 0.29) is 16.8 Å². The van der Waals surface area contributed by atoms with E-state index < -0.39 is 22.2 Å². The number of nitrogens with one attached hydrogen (secondary N) is 2. The minimum absolute atomic E-state index is 0.00863. The highest BCUT2D eigenvalue weighted by atomic mass is 32.2. The zero-order valence-electron chi connectivity index (χ0n) is 18.4. The van der Waals surface area contributed by atoms with Crippen molar-refractivity contribution >= 4 is 15.9 Å². The van der Waals surface area contributed by atoms with E-state index in [9.17, 15) is 13.2 Å². The molecule has 168 valence electrons. The molecule has 2 N–H and O–H groups in total. The zero-order valence-corrected chi connectivity index (χ0v) is 19.2. The summed E-state index contributed by atoms with van der Waals surface area (Å²) in [7, 11) is -3.82. The van der Waals surface area contributed by atoms with Crippen LogP contribution in [0.25, 0.3) is 0 Å². The first-order valence-corrected chi connectivity index (χ1v) is 11.9. The standard InChI is InChI=1S/C25H28N2O4S/c1-18(2)26-25(28)19(3)31-22-14-16-23(17-15-22)32(29,30)27-24(20-10-6-4-7-11-20)21-12-8-5-9-13-21/h4-19,24,27H,1-3H3,(H,26,28)/t19-/m1/s1. The molecule has 6 nitrogen and oxygen atoms in total. The van der Waals surface area contributed by atoms with Crippen LogP contribution in [0.5, 0.6) is 5.75 Å². The fourth-order valence-electron chi connectivity index (χ4n) is 3.20. The Morgan fingerprint density at radius 2 is 1.28 bits per heavy atom. The van der Waals surface area contributed by atoms with E-state index in [1.54, 1.807) is 19.1 Å². The summed E-state index contributed by atoms with van der Waals surface area (Å²) in [6.45, 7) is 5.39. The molecule has 3 rings (SSSR count). The van der Waals surface area contributed by atoms with Crippen LogP contribution >= 0.6 is 0 Å². The number of hydrogen-bond donors (Lipinski definition) is 2. The topological polar surface area (TPSA) is 84.5 Å². The Hall–Kier alpha value is -3.16. The summed E-state index contributed by atoms with van der Waals surface area (Å²) in [5.74, 6) is 0.185. The summed E-state index contributed by atoms with van der Waals surface area (Å²) in [5.41, 5.74) is 1.68. The Kier molecular flexibility index (Phi) is 7.66. The Balaban J connectivity index is 1.78. The second-order valence-corrected chi connectivity index (χ2v) is 9.48. The van der Waals surface area contributed by atoms with Gasteiger partial charge < -0.3 is 10.1 Å². The Bertz CT molecular complexity index is 1080. The molecule has 32 heavy (non-hydrogen) atoms. The van der Waals surface area contributed by atoms with Crippen LogP contribution in [0.15, 0.2) is 89.8 Å². The van der Waals surface area contributed by atoms with E-state index in [2.05, 4.69) is 10.0 Å². The van der Waals surface area contributed by atoms with Gasteiger partial charge in [-0.05, 0) is 56.2 Å². The summed E-state index contributed by atoms with van der Waals surface area (Å²) in [4.78, 5) is 12.1. The second-order valence-electron chi connectivity index (χ2n) is 7.77. The second kappa shape index (κ2) is 10.4. The van der Waals surface area contributed by atoms with Crippen molar-refractivity contribution in [3.8, 4) is 5.75 Å². The largest absolute Gasteiger partial charge is 0.481 e. The number of hydrogen-bond acceptors (Lipinski definition) is 4. The van der Waals surface area contributed by atoms with Crippen LogP contribution in [0, 0.1) is 0 Å². The lowest BCUT2D eigenvalue weighted by Crippen LogP contribution is -2.40. The predicted octanol–water partition coefficient (Wildman–Crippen LogP) is 4.05. The molecule has 1 atom stereocenters. The smallest absolute Gasteiger partial charge is 0.260 e. The Morgan fingerprint density at radius 3 is 1.75 bits per heavy atom. The molecular weight excluding hydrogens is 424 g/mol. The molecule has 0 unspecified atom stereocenters. The van der Waals surface area contributed by atoms with Gasteiger partial charge >= 0.3 is 0 Å². The average molecular weight is 453 g/mol. The fourth-order valence-corrected chi connectivity index (χ4v) is 4.41. The quantitative estimate of drug-likeness (QED) is 0.513. The van der Waals surface area contributed by atoms with E-state index in [1.165, 1.54) is 12.1 Å². The first kappa shape index (κ1) is 23.5. The van der Waals surface area contributed by atoms with Gasteiger partial charge in [-0.3, -0.25) is 4.79 Å². The van der Waals surface area contributed by atoms with Crippen LogP contribution in [-0.4, -0.2) is 26.5 Å². The number of benzene rings is 3. The van der Waals surface area contributed by atoms with Gasteiger partial charge in [0.2, 0.25) is 10.0 Å². The minimum Gasteiger partial charge on any atom is -0.481 e. The summed E-state index contributed by atoms with van der Waals surface area (Å²) >= 11 is 0. The summed E-state index contributed by atoms with van der Waals surface area (Å²) in [6.07, 6.45) is -0.696. The van der Waals surface area contributed by atoms with Gasteiger partial charge in [-0.1, -0.05) is 60.7 Å². The lowest BCUT2D eigenvalue weighted by atomic mass is 10.00. The Labute approximate surface area is 189 Å². The van der Waals surface area contributed by atoms with Gasteiger partial charge in [0.25, 0.3) is 5.91 Å². The van der Waals surface area contributed by atoms with Crippen molar-refractivity contribution in [3.05, 3.63) is 96.1 Å². The number of carbonyl (C=O) groups is 1. The van der Waals surface area contributed by atoms with Crippen LogP contribution in [0.2, 0.25) is 0 Å². The number of carbonyl (C=O) groups excluding carboxylic acids is 1. The molecule has 0 fully saturated rings. The SMILES string of the molecule is CC(C)NC(=O)[C@@H](C)Oc1ccc(S(=O)(=O)NC(c2ccccc2)c2ccccc2)cc1. The van der Waals surface area contributed by atoms with E-state index in [4.69, 9.17) is 4.74 Å². The monoisotopic (exact) mass is 452 g/mol. The number of ether oxygens (including phenoxy) is 1. The molecule has 0 saturated carbocycles. The Morgan fingerprint density at radius 1 is 0.781 bits per heavy atom. The van der Waals surface area contributed by atoms with Crippen molar-refractivity contribution in [3.63, 3.8) is 0 Å². The van der Waals surface area contributed by atoms with Crippen molar-refractivity contribution in [2.75, 3.05) is 0 Å². The summed E-state index contributed by atoms with van der Waals surface area (Å²) in [6, 6.07) is 24.4. The highest BCUT2D eigenvalue weighted by molar-refractivity contribution is 7.89. The highest BCUT2D eigenvalue weighted by Crippen LogP contribution is 2.25. The molecular formula is C25H28N2O4S. The van der Waals surface area contributed by atoms with E-state index in [0.717, 1.165) is 11.1 Å². The molecule has 0 heterocycles. The lowest BCUT2D eigenvalue weighted by molar-refractivity contribution is -0.127. The van der Waals surface area contributed by atoms with Gasteiger partial charge in [0.05, 0.1) is 10.9 Å². The van der Waals surface area contributed by atoms with Gasteiger partial charge in [-0.25, -0.2) is 8.42 Å². The van der Waals surface area contributed by atoms with Gasteiger partial charge in [0.15, 0.2) is 6.10 Å². The third-order valence-corrected chi connectivity index (χ3v) is 6.22. The molecule has 7 heteroatoms. The van der Waals surface area contributed by atoms with E-state index >= 15 is 0 Å². The van der Waals surface area contributed by atoms with Crippen LogP contribution in [-0.2, 0) is 14.8 Å². The maximum atomic E-state index is 13.1.